The molecule has 2 aromatic rings. The summed E-state index contributed by atoms with van der Waals surface area (Å²) in [6.07, 6.45) is 0.708. The Kier molecular flexibility index (Phi) is 4.65. The van der Waals surface area contributed by atoms with E-state index in [4.69, 9.17) is 11.6 Å². The molecule has 0 N–H and O–H groups in total. The van der Waals surface area contributed by atoms with E-state index in [2.05, 4.69) is 29.2 Å². The van der Waals surface area contributed by atoms with E-state index in [1.807, 2.05) is 44.4 Å². The van der Waals surface area contributed by atoms with Crippen molar-refractivity contribution in [3.8, 4) is 6.07 Å². The first-order valence-corrected chi connectivity index (χ1v) is 6.89. The van der Waals surface area contributed by atoms with Crippen LogP contribution in [0.3, 0.4) is 0 Å². The zero-order chi connectivity index (χ0) is 14.5. The Hall–Kier alpha value is -1.98. The fraction of sp³-hybridized carbons (Fsp3) is 0.235. The first-order valence-electron chi connectivity index (χ1n) is 6.51. The van der Waals surface area contributed by atoms with E-state index in [1.54, 1.807) is 0 Å². The number of nitrogens with zero attached hydrogens (tertiary/aromatic N) is 2. The lowest BCUT2D eigenvalue weighted by Gasteiger charge is -2.15. The van der Waals surface area contributed by atoms with Gasteiger partial charge >= 0.3 is 0 Å². The molecule has 0 saturated heterocycles. The number of halogens is 1. The lowest BCUT2D eigenvalue weighted by atomic mass is 9.93. The predicted molar refractivity (Wildman–Crippen MR) is 84.3 cm³/mol. The highest BCUT2D eigenvalue weighted by atomic mass is 35.5. The predicted octanol–water partition coefficient (Wildman–Crippen LogP) is 4.26. The molecular formula is C17H17ClN2. The number of nitriles is 1. The molecular weight excluding hydrogens is 268 g/mol. The molecule has 0 aromatic heterocycles. The molecule has 2 nitrogen and oxygen atoms in total. The average molecular weight is 285 g/mol. The second kappa shape index (κ2) is 6.45. The number of hydrogen-bond donors (Lipinski definition) is 0. The second-order valence-electron chi connectivity index (χ2n) is 5.00. The van der Waals surface area contributed by atoms with Gasteiger partial charge in [-0.15, -0.1) is 0 Å². The first-order chi connectivity index (χ1) is 9.60. The SMILES string of the molecule is CN(C)c1cccc(CC(C#N)c2ccc(Cl)cc2)c1. The van der Waals surface area contributed by atoms with Crippen LogP contribution >= 0.6 is 11.6 Å². The van der Waals surface area contributed by atoms with Crippen molar-refractivity contribution in [2.24, 2.45) is 0 Å². The summed E-state index contributed by atoms with van der Waals surface area (Å²) in [5, 5.41) is 10.1. The highest BCUT2D eigenvalue weighted by Gasteiger charge is 2.12. The van der Waals surface area contributed by atoms with Crippen molar-refractivity contribution in [2.45, 2.75) is 12.3 Å². The lowest BCUT2D eigenvalue weighted by molar-refractivity contribution is 0.848. The Balaban J connectivity index is 2.20. The number of anilines is 1. The summed E-state index contributed by atoms with van der Waals surface area (Å²) >= 11 is 5.89. The summed E-state index contributed by atoms with van der Waals surface area (Å²) in [6.45, 7) is 0. The normalized spacial score (nSPS) is 11.7. The Labute approximate surface area is 125 Å². The third-order valence-electron chi connectivity index (χ3n) is 3.30. The molecule has 0 bridgehead atoms. The molecule has 20 heavy (non-hydrogen) atoms. The Morgan fingerprint density at radius 2 is 1.85 bits per heavy atom. The van der Waals surface area contributed by atoms with Crippen LogP contribution in [0.25, 0.3) is 0 Å². The first kappa shape index (κ1) is 14.4. The van der Waals surface area contributed by atoms with Crippen molar-refractivity contribution in [3.63, 3.8) is 0 Å². The van der Waals surface area contributed by atoms with E-state index in [1.165, 1.54) is 0 Å². The van der Waals surface area contributed by atoms with E-state index in [9.17, 15) is 5.26 Å². The molecule has 0 heterocycles. The third-order valence-corrected chi connectivity index (χ3v) is 3.55. The van der Waals surface area contributed by atoms with Gasteiger partial charge in [0, 0.05) is 24.8 Å². The van der Waals surface area contributed by atoms with Gasteiger partial charge in [0.25, 0.3) is 0 Å². The number of hydrogen-bond acceptors (Lipinski definition) is 2. The molecule has 0 fully saturated rings. The van der Waals surface area contributed by atoms with Gasteiger partial charge in [-0.05, 0) is 41.8 Å². The topological polar surface area (TPSA) is 27.0 Å². The van der Waals surface area contributed by atoms with Gasteiger partial charge in [-0.1, -0.05) is 35.9 Å². The van der Waals surface area contributed by atoms with Crippen LogP contribution in [0.2, 0.25) is 5.02 Å². The minimum Gasteiger partial charge on any atom is -0.378 e. The van der Waals surface area contributed by atoms with E-state index < -0.39 is 0 Å². The van der Waals surface area contributed by atoms with Gasteiger partial charge in [0.05, 0.1) is 12.0 Å². The smallest absolute Gasteiger partial charge is 0.0753 e. The highest BCUT2D eigenvalue weighted by Crippen LogP contribution is 2.24. The van der Waals surface area contributed by atoms with Crippen LogP contribution in [0.4, 0.5) is 5.69 Å². The van der Waals surface area contributed by atoms with Crippen molar-refractivity contribution in [3.05, 3.63) is 64.7 Å². The van der Waals surface area contributed by atoms with Crippen molar-refractivity contribution >= 4 is 17.3 Å². The average Bonchev–Trinajstić information content (AvgIpc) is 2.46. The minimum absolute atomic E-state index is 0.148. The van der Waals surface area contributed by atoms with Crippen LogP contribution in [0.5, 0.6) is 0 Å². The maximum absolute atomic E-state index is 9.40. The summed E-state index contributed by atoms with van der Waals surface area (Å²) in [4.78, 5) is 2.06. The van der Waals surface area contributed by atoms with Crippen LogP contribution < -0.4 is 4.90 Å². The largest absolute Gasteiger partial charge is 0.378 e. The van der Waals surface area contributed by atoms with Crippen molar-refractivity contribution in [1.82, 2.24) is 0 Å². The fourth-order valence-corrected chi connectivity index (χ4v) is 2.26. The molecule has 0 amide bonds. The summed E-state index contributed by atoms with van der Waals surface area (Å²) in [5.74, 6) is -0.148. The van der Waals surface area contributed by atoms with Crippen molar-refractivity contribution in [2.75, 3.05) is 19.0 Å². The fourth-order valence-electron chi connectivity index (χ4n) is 2.13. The summed E-state index contributed by atoms with van der Waals surface area (Å²) in [7, 11) is 4.03. The molecule has 2 aromatic carbocycles. The molecule has 3 heteroatoms. The van der Waals surface area contributed by atoms with Gasteiger partial charge in [-0.25, -0.2) is 0 Å². The zero-order valence-corrected chi connectivity index (χ0v) is 12.4. The van der Waals surface area contributed by atoms with Gasteiger partial charge < -0.3 is 4.90 Å². The zero-order valence-electron chi connectivity index (χ0n) is 11.7. The monoisotopic (exact) mass is 284 g/mol. The highest BCUT2D eigenvalue weighted by molar-refractivity contribution is 6.30. The van der Waals surface area contributed by atoms with Crippen LogP contribution in [-0.2, 0) is 6.42 Å². The molecule has 1 unspecified atom stereocenters. The maximum atomic E-state index is 9.40. The molecule has 0 aliphatic heterocycles. The maximum Gasteiger partial charge on any atom is 0.0753 e. The molecule has 2 rings (SSSR count). The third kappa shape index (κ3) is 3.53. The molecule has 0 spiro atoms. The Bertz CT molecular complexity index is 612. The molecule has 0 aliphatic rings. The van der Waals surface area contributed by atoms with Gasteiger partial charge in [0.2, 0.25) is 0 Å². The van der Waals surface area contributed by atoms with E-state index in [0.717, 1.165) is 16.8 Å². The van der Waals surface area contributed by atoms with Crippen LogP contribution in [0.1, 0.15) is 17.0 Å². The summed E-state index contributed by atoms with van der Waals surface area (Å²) in [5.41, 5.74) is 3.32. The van der Waals surface area contributed by atoms with Crippen molar-refractivity contribution < 1.29 is 0 Å². The van der Waals surface area contributed by atoms with Crippen LogP contribution in [-0.4, -0.2) is 14.1 Å². The molecule has 0 saturated carbocycles. The quantitative estimate of drug-likeness (QED) is 0.839. The van der Waals surface area contributed by atoms with E-state index in [-0.39, 0.29) is 5.92 Å². The van der Waals surface area contributed by atoms with E-state index >= 15 is 0 Å². The summed E-state index contributed by atoms with van der Waals surface area (Å²) in [6, 6.07) is 18.2. The van der Waals surface area contributed by atoms with Crippen molar-refractivity contribution in [1.29, 1.82) is 5.26 Å². The lowest BCUT2D eigenvalue weighted by Crippen LogP contribution is -2.09. The Morgan fingerprint density at radius 1 is 1.15 bits per heavy atom. The number of rotatable bonds is 4. The van der Waals surface area contributed by atoms with Gasteiger partial charge in [0.1, 0.15) is 0 Å². The van der Waals surface area contributed by atoms with Gasteiger partial charge in [0.15, 0.2) is 0 Å². The van der Waals surface area contributed by atoms with Gasteiger partial charge in [-0.3, -0.25) is 0 Å². The molecule has 0 radical (unpaired) electrons. The molecule has 1 atom stereocenters. The minimum atomic E-state index is -0.148. The standard InChI is InChI=1S/C17H17ClN2/c1-20(2)17-5-3-4-13(11-17)10-15(12-19)14-6-8-16(18)9-7-14/h3-9,11,15H,10H2,1-2H3. The second-order valence-corrected chi connectivity index (χ2v) is 5.44. The molecule has 102 valence electrons. The van der Waals surface area contributed by atoms with Crippen LogP contribution in [0, 0.1) is 11.3 Å². The van der Waals surface area contributed by atoms with Gasteiger partial charge in [-0.2, -0.15) is 5.26 Å². The van der Waals surface area contributed by atoms with E-state index in [0.29, 0.717) is 11.4 Å². The molecule has 0 aliphatic carbocycles. The summed E-state index contributed by atoms with van der Waals surface area (Å²) < 4.78 is 0. The van der Waals surface area contributed by atoms with Crippen LogP contribution in [0.15, 0.2) is 48.5 Å². The Morgan fingerprint density at radius 3 is 2.45 bits per heavy atom. The number of benzene rings is 2.